The van der Waals surface area contributed by atoms with Crippen LogP contribution in [0.1, 0.15) is 25.7 Å². The highest BCUT2D eigenvalue weighted by Crippen LogP contribution is 2.03. The van der Waals surface area contributed by atoms with E-state index in [1.54, 1.807) is 0 Å². The average Bonchev–Trinajstić information content (AvgIpc) is 2.47. The van der Waals surface area contributed by atoms with Gasteiger partial charge in [-0.15, -0.1) is 0 Å². The summed E-state index contributed by atoms with van der Waals surface area (Å²) in [4.78, 5) is 7.87. The number of nitrogens with one attached hydrogen (secondary N) is 1. The first-order valence-electron chi connectivity index (χ1n) is 8.18. The summed E-state index contributed by atoms with van der Waals surface area (Å²) in [5, 5.41) is 3.58. The monoisotopic (exact) mass is 268 g/mol. The van der Waals surface area contributed by atoms with Gasteiger partial charge in [-0.25, -0.2) is 0 Å². The van der Waals surface area contributed by atoms with Crippen LogP contribution in [0.5, 0.6) is 0 Å². The molecule has 2 bridgehead atoms. The highest BCUT2D eigenvalue weighted by atomic mass is 15.2. The zero-order valence-corrected chi connectivity index (χ0v) is 12.7. The van der Waals surface area contributed by atoms with Gasteiger partial charge in [0.25, 0.3) is 0 Å². The minimum Gasteiger partial charge on any atom is -0.317 e. The standard InChI is InChI=1S/C15H32N4/c1-17-8-4-12-18-10-2-6-16-7-3-11-19(15-14-18)13-5-9-17/h16H,2-15H2,1H3. The van der Waals surface area contributed by atoms with Crippen LogP contribution in [0.2, 0.25) is 0 Å². The molecule has 2 fully saturated rings. The topological polar surface area (TPSA) is 21.8 Å². The van der Waals surface area contributed by atoms with Crippen molar-refractivity contribution < 1.29 is 0 Å². The molecule has 2 atom stereocenters. The number of nitrogens with zero attached hydrogens (tertiary/aromatic N) is 3. The molecule has 19 heavy (non-hydrogen) atoms. The van der Waals surface area contributed by atoms with E-state index in [1.807, 2.05) is 0 Å². The average molecular weight is 268 g/mol. The first-order chi connectivity index (χ1) is 9.34. The molecule has 0 amide bonds. The van der Waals surface area contributed by atoms with Crippen molar-refractivity contribution in [1.82, 2.24) is 20.0 Å². The number of hydrogen-bond donors (Lipinski definition) is 1. The lowest BCUT2D eigenvalue weighted by molar-refractivity contribution is 0.206. The predicted molar refractivity (Wildman–Crippen MR) is 81.7 cm³/mol. The van der Waals surface area contributed by atoms with Crippen molar-refractivity contribution in [2.75, 3.05) is 72.5 Å². The van der Waals surface area contributed by atoms with Gasteiger partial charge in [-0.3, -0.25) is 0 Å². The van der Waals surface area contributed by atoms with Crippen molar-refractivity contribution in [2.24, 2.45) is 0 Å². The van der Waals surface area contributed by atoms with Crippen LogP contribution >= 0.6 is 0 Å². The van der Waals surface area contributed by atoms with Gasteiger partial charge >= 0.3 is 0 Å². The Hall–Kier alpha value is -0.160. The fourth-order valence-corrected chi connectivity index (χ4v) is 3.17. The van der Waals surface area contributed by atoms with Crippen molar-refractivity contribution in [3.63, 3.8) is 0 Å². The second kappa shape index (κ2) is 8.90. The van der Waals surface area contributed by atoms with Gasteiger partial charge in [0.2, 0.25) is 0 Å². The molecule has 0 aromatic carbocycles. The number of fused-ring (bicyclic) bond motifs is 3. The van der Waals surface area contributed by atoms with Gasteiger partial charge in [0.15, 0.2) is 0 Å². The van der Waals surface area contributed by atoms with Crippen LogP contribution in [-0.2, 0) is 0 Å². The zero-order chi connectivity index (χ0) is 13.3. The third kappa shape index (κ3) is 6.21. The van der Waals surface area contributed by atoms with E-state index in [9.17, 15) is 0 Å². The SMILES string of the molecule is CN1CCCN2CCCNCCCN(CCC1)CC2. The molecule has 2 heterocycles. The summed E-state index contributed by atoms with van der Waals surface area (Å²) in [6.45, 7) is 12.5. The van der Waals surface area contributed by atoms with Gasteiger partial charge in [-0.2, -0.15) is 0 Å². The maximum atomic E-state index is 3.58. The first kappa shape index (κ1) is 15.2. The third-order valence-electron chi connectivity index (χ3n) is 4.42. The summed E-state index contributed by atoms with van der Waals surface area (Å²) >= 11 is 0. The summed E-state index contributed by atoms with van der Waals surface area (Å²) in [7, 11) is 2.28. The molecular formula is C15H32N4. The van der Waals surface area contributed by atoms with E-state index < -0.39 is 0 Å². The van der Waals surface area contributed by atoms with Gasteiger partial charge in [-0.05, 0) is 85.1 Å². The minimum atomic E-state index is 1.19. The smallest absolute Gasteiger partial charge is 0.0109 e. The van der Waals surface area contributed by atoms with Gasteiger partial charge in [-0.1, -0.05) is 0 Å². The molecule has 0 aromatic heterocycles. The van der Waals surface area contributed by atoms with Crippen LogP contribution in [0.25, 0.3) is 0 Å². The third-order valence-corrected chi connectivity index (χ3v) is 4.42. The molecular weight excluding hydrogens is 236 g/mol. The number of hydrogen-bond acceptors (Lipinski definition) is 4. The van der Waals surface area contributed by atoms with Crippen molar-refractivity contribution in [3.8, 4) is 0 Å². The molecule has 2 rings (SSSR count). The second-order valence-electron chi connectivity index (χ2n) is 6.15. The first-order valence-corrected chi connectivity index (χ1v) is 8.18. The van der Waals surface area contributed by atoms with Gasteiger partial charge in [0, 0.05) is 13.1 Å². The Balaban J connectivity index is 1.91. The van der Waals surface area contributed by atoms with Gasteiger partial charge in [0.05, 0.1) is 0 Å². The lowest BCUT2D eigenvalue weighted by atomic mass is 10.3. The molecule has 4 heteroatoms. The van der Waals surface area contributed by atoms with Crippen LogP contribution in [0, 0.1) is 0 Å². The summed E-state index contributed by atoms with van der Waals surface area (Å²) in [6, 6.07) is 0. The van der Waals surface area contributed by atoms with E-state index in [0.29, 0.717) is 0 Å². The molecule has 0 aromatic rings. The van der Waals surface area contributed by atoms with E-state index in [-0.39, 0.29) is 0 Å². The molecule has 112 valence electrons. The Kier molecular flexibility index (Phi) is 7.14. The van der Waals surface area contributed by atoms with E-state index in [2.05, 4.69) is 27.1 Å². The molecule has 2 aliphatic rings. The molecule has 0 spiro atoms. The van der Waals surface area contributed by atoms with Gasteiger partial charge < -0.3 is 20.0 Å². The fourth-order valence-electron chi connectivity index (χ4n) is 3.17. The molecule has 4 nitrogen and oxygen atoms in total. The maximum Gasteiger partial charge on any atom is 0.0109 e. The maximum absolute atomic E-state index is 3.58. The lowest BCUT2D eigenvalue weighted by Crippen LogP contribution is -2.37. The molecule has 2 saturated heterocycles. The molecule has 2 aliphatic heterocycles. The van der Waals surface area contributed by atoms with Crippen molar-refractivity contribution in [2.45, 2.75) is 25.7 Å². The largest absolute Gasteiger partial charge is 0.317 e. The summed E-state index contributed by atoms with van der Waals surface area (Å²) < 4.78 is 0. The molecule has 1 N–H and O–H groups in total. The Morgan fingerprint density at radius 3 is 1.58 bits per heavy atom. The van der Waals surface area contributed by atoms with Crippen LogP contribution in [0.3, 0.4) is 0 Å². The Morgan fingerprint density at radius 2 is 1.05 bits per heavy atom. The Morgan fingerprint density at radius 1 is 0.579 bits per heavy atom. The van der Waals surface area contributed by atoms with E-state index in [0.717, 1.165) is 0 Å². The lowest BCUT2D eigenvalue weighted by Gasteiger charge is -2.26. The molecule has 0 aliphatic carbocycles. The normalized spacial score (nSPS) is 33.3. The molecule has 0 saturated carbocycles. The highest BCUT2D eigenvalue weighted by Gasteiger charge is 2.12. The Labute approximate surface area is 119 Å². The minimum absolute atomic E-state index is 1.19. The van der Waals surface area contributed by atoms with Gasteiger partial charge in [0.1, 0.15) is 0 Å². The predicted octanol–water partition coefficient (Wildman–Crippen LogP) is 0.699. The van der Waals surface area contributed by atoms with E-state index in [4.69, 9.17) is 0 Å². The summed E-state index contributed by atoms with van der Waals surface area (Å²) in [6.07, 6.45) is 5.25. The van der Waals surface area contributed by atoms with Crippen molar-refractivity contribution >= 4 is 0 Å². The summed E-state index contributed by atoms with van der Waals surface area (Å²) in [5.41, 5.74) is 0. The number of rotatable bonds is 0. The highest BCUT2D eigenvalue weighted by molar-refractivity contribution is 4.69. The van der Waals surface area contributed by atoms with Crippen LogP contribution in [0.15, 0.2) is 0 Å². The summed E-state index contributed by atoms with van der Waals surface area (Å²) in [5.74, 6) is 0. The van der Waals surface area contributed by atoms with Crippen LogP contribution < -0.4 is 5.32 Å². The van der Waals surface area contributed by atoms with Crippen LogP contribution in [0.4, 0.5) is 0 Å². The van der Waals surface area contributed by atoms with Crippen LogP contribution in [-0.4, -0.2) is 87.2 Å². The molecule has 0 radical (unpaired) electrons. The van der Waals surface area contributed by atoms with E-state index in [1.165, 1.54) is 91.1 Å². The quantitative estimate of drug-likeness (QED) is 0.698. The van der Waals surface area contributed by atoms with Crippen molar-refractivity contribution in [1.29, 1.82) is 0 Å². The molecule has 2 unspecified atom stereocenters. The second-order valence-corrected chi connectivity index (χ2v) is 6.15. The zero-order valence-electron chi connectivity index (χ0n) is 12.7. The van der Waals surface area contributed by atoms with Crippen molar-refractivity contribution in [3.05, 3.63) is 0 Å². The fraction of sp³-hybridized carbons (Fsp3) is 1.00. The Bertz CT molecular complexity index is 212. The van der Waals surface area contributed by atoms with E-state index >= 15 is 0 Å².